The monoisotopic (exact) mass is 562 g/mol. The SMILES string of the molecule is O=C(CCSCCC(=O)NN=Cc1ccc([N+](=O)[O-])cc1[N+](=O)[O-])NN=Cc1ccc([N+](=O)[O-])cc1[N+](=O)[O-]. The van der Waals surface area contributed by atoms with E-state index < -0.39 is 54.3 Å². The molecule has 2 amide bonds. The van der Waals surface area contributed by atoms with E-state index in [-0.39, 0.29) is 24.0 Å². The van der Waals surface area contributed by atoms with Gasteiger partial charge in [-0.05, 0) is 12.1 Å². The Morgan fingerprint density at radius 2 is 1.08 bits per heavy atom. The summed E-state index contributed by atoms with van der Waals surface area (Å²) in [7, 11) is 0. The number of rotatable bonds is 14. The first-order valence-electron chi connectivity index (χ1n) is 10.6. The van der Waals surface area contributed by atoms with E-state index in [1.54, 1.807) is 0 Å². The molecule has 0 heterocycles. The summed E-state index contributed by atoms with van der Waals surface area (Å²) in [6, 6.07) is 5.94. The van der Waals surface area contributed by atoms with Crippen LogP contribution in [0.2, 0.25) is 0 Å². The fourth-order valence-corrected chi connectivity index (χ4v) is 3.58. The zero-order valence-corrected chi connectivity index (χ0v) is 20.4. The average molecular weight is 562 g/mol. The van der Waals surface area contributed by atoms with Crippen LogP contribution >= 0.6 is 11.8 Å². The molecule has 0 saturated carbocycles. The normalized spacial score (nSPS) is 10.9. The van der Waals surface area contributed by atoms with Crippen molar-refractivity contribution < 1.29 is 29.3 Å². The predicted octanol–water partition coefficient (Wildman–Crippen LogP) is 2.43. The molecule has 0 aromatic heterocycles. The molecule has 0 bridgehead atoms. The molecule has 2 aromatic rings. The Hall–Kier alpha value is -5.33. The van der Waals surface area contributed by atoms with E-state index >= 15 is 0 Å². The number of nitrogens with one attached hydrogen (secondary N) is 2. The second kappa shape index (κ2) is 14.4. The first-order valence-corrected chi connectivity index (χ1v) is 11.7. The molecule has 0 aliphatic heterocycles. The maximum Gasteiger partial charge on any atom is 0.285 e. The van der Waals surface area contributed by atoms with E-state index in [0.717, 1.165) is 48.8 Å². The van der Waals surface area contributed by atoms with Crippen LogP contribution in [0, 0.1) is 40.5 Å². The molecule has 0 atom stereocenters. The van der Waals surface area contributed by atoms with Gasteiger partial charge < -0.3 is 0 Å². The number of benzene rings is 2. The zero-order chi connectivity index (χ0) is 28.9. The third-order valence-electron chi connectivity index (χ3n) is 4.58. The fraction of sp³-hybridized carbons (Fsp3) is 0.200. The molecule has 0 fully saturated rings. The van der Waals surface area contributed by atoms with Gasteiger partial charge in [-0.15, -0.1) is 0 Å². The summed E-state index contributed by atoms with van der Waals surface area (Å²) in [4.78, 5) is 64.2. The molecule has 0 saturated heterocycles. The first-order chi connectivity index (χ1) is 18.5. The summed E-state index contributed by atoms with van der Waals surface area (Å²) in [6.07, 6.45) is 1.99. The largest absolute Gasteiger partial charge is 0.285 e. The highest BCUT2D eigenvalue weighted by atomic mass is 32.2. The summed E-state index contributed by atoms with van der Waals surface area (Å²) in [6.45, 7) is 0. The molecular weight excluding hydrogens is 544 g/mol. The van der Waals surface area contributed by atoms with Crippen molar-refractivity contribution in [1.29, 1.82) is 0 Å². The Kier molecular flexibility index (Phi) is 11.1. The molecule has 0 aliphatic rings. The number of nitro benzene ring substituents is 4. The predicted molar refractivity (Wildman–Crippen MR) is 138 cm³/mol. The number of hydrogen-bond acceptors (Lipinski definition) is 13. The molecule has 204 valence electrons. The van der Waals surface area contributed by atoms with Gasteiger partial charge in [0.15, 0.2) is 0 Å². The number of thioether (sulfide) groups is 1. The molecule has 2 rings (SSSR count). The van der Waals surface area contributed by atoms with Crippen LogP contribution < -0.4 is 10.9 Å². The number of hydrazone groups is 2. The van der Waals surface area contributed by atoms with Gasteiger partial charge in [-0.1, -0.05) is 0 Å². The van der Waals surface area contributed by atoms with Crippen LogP contribution in [0.15, 0.2) is 46.6 Å². The summed E-state index contributed by atoms with van der Waals surface area (Å²) in [5.41, 5.74) is 2.24. The van der Waals surface area contributed by atoms with Crippen molar-refractivity contribution in [3.05, 3.63) is 88.0 Å². The number of non-ortho nitro benzene ring substituents is 2. The lowest BCUT2D eigenvalue weighted by molar-refractivity contribution is -0.394. The second-order valence-electron chi connectivity index (χ2n) is 7.21. The van der Waals surface area contributed by atoms with Crippen LogP contribution in [0.4, 0.5) is 22.7 Å². The Morgan fingerprint density at radius 3 is 1.41 bits per heavy atom. The molecule has 0 aliphatic carbocycles. The first kappa shape index (κ1) is 29.9. The summed E-state index contributed by atoms with van der Waals surface area (Å²) < 4.78 is 0. The molecule has 2 N–H and O–H groups in total. The molecule has 39 heavy (non-hydrogen) atoms. The Bertz CT molecular complexity index is 1260. The zero-order valence-electron chi connectivity index (χ0n) is 19.6. The standard InChI is InChI=1S/C20H18N8O10S/c29-19(23-21-11-13-1-3-15(25(31)32)9-17(13)27(35)36)5-7-39-8-6-20(30)24-22-12-14-2-4-16(26(33)34)10-18(14)28(37)38/h1-4,9-12H,5-8H2,(H,23,29)(H,24,30). The quantitative estimate of drug-likeness (QED) is 0.146. The van der Waals surface area contributed by atoms with E-state index in [9.17, 15) is 50.0 Å². The Labute approximate surface area is 221 Å². The molecule has 19 heteroatoms. The topological polar surface area (TPSA) is 255 Å². The average Bonchev–Trinajstić information content (AvgIpc) is 2.88. The van der Waals surface area contributed by atoms with Crippen molar-refractivity contribution in [3.8, 4) is 0 Å². The fourth-order valence-electron chi connectivity index (χ4n) is 2.72. The highest BCUT2D eigenvalue weighted by Gasteiger charge is 2.19. The van der Waals surface area contributed by atoms with Crippen molar-refractivity contribution in [2.75, 3.05) is 11.5 Å². The molecule has 2 aromatic carbocycles. The van der Waals surface area contributed by atoms with Gasteiger partial charge in [0.2, 0.25) is 11.8 Å². The smallest absolute Gasteiger partial charge is 0.273 e. The minimum Gasteiger partial charge on any atom is -0.273 e. The summed E-state index contributed by atoms with van der Waals surface area (Å²) in [5, 5.41) is 50.9. The van der Waals surface area contributed by atoms with E-state index in [0.29, 0.717) is 11.5 Å². The van der Waals surface area contributed by atoms with Crippen molar-refractivity contribution in [3.63, 3.8) is 0 Å². The van der Waals surface area contributed by atoms with Crippen molar-refractivity contribution in [2.24, 2.45) is 10.2 Å². The highest BCUT2D eigenvalue weighted by Crippen LogP contribution is 2.24. The number of carbonyl (C=O) groups is 2. The Morgan fingerprint density at radius 1 is 0.692 bits per heavy atom. The van der Waals surface area contributed by atoms with Crippen LogP contribution in [0.25, 0.3) is 0 Å². The third kappa shape index (κ3) is 9.57. The molecule has 18 nitrogen and oxygen atoms in total. The maximum absolute atomic E-state index is 11.9. The van der Waals surface area contributed by atoms with Gasteiger partial charge in [0.05, 0.1) is 55.4 Å². The Balaban J connectivity index is 1.73. The van der Waals surface area contributed by atoms with E-state index in [2.05, 4.69) is 21.1 Å². The maximum atomic E-state index is 11.9. The van der Waals surface area contributed by atoms with Gasteiger partial charge in [0, 0.05) is 36.5 Å². The van der Waals surface area contributed by atoms with Crippen molar-refractivity contribution in [2.45, 2.75) is 12.8 Å². The molecule has 0 spiro atoms. The van der Waals surface area contributed by atoms with Crippen LogP contribution in [0.1, 0.15) is 24.0 Å². The number of nitro groups is 4. The molecular formula is C20H18N8O10S. The summed E-state index contributed by atoms with van der Waals surface area (Å²) in [5.74, 6) is -0.404. The van der Waals surface area contributed by atoms with Crippen LogP contribution in [-0.2, 0) is 9.59 Å². The van der Waals surface area contributed by atoms with Gasteiger partial charge in [0.1, 0.15) is 0 Å². The van der Waals surface area contributed by atoms with Crippen LogP contribution in [0.3, 0.4) is 0 Å². The van der Waals surface area contributed by atoms with Gasteiger partial charge in [-0.2, -0.15) is 22.0 Å². The lowest BCUT2D eigenvalue weighted by Crippen LogP contribution is -2.19. The molecule has 0 radical (unpaired) electrons. The van der Waals surface area contributed by atoms with E-state index in [4.69, 9.17) is 0 Å². The molecule has 0 unspecified atom stereocenters. The van der Waals surface area contributed by atoms with Crippen molar-refractivity contribution >= 4 is 58.8 Å². The van der Waals surface area contributed by atoms with E-state index in [1.807, 2.05) is 0 Å². The summed E-state index contributed by atoms with van der Waals surface area (Å²) >= 11 is 1.26. The van der Waals surface area contributed by atoms with Gasteiger partial charge in [0.25, 0.3) is 22.7 Å². The lowest BCUT2D eigenvalue weighted by Gasteiger charge is -2.02. The van der Waals surface area contributed by atoms with Crippen LogP contribution in [0.5, 0.6) is 0 Å². The highest BCUT2D eigenvalue weighted by molar-refractivity contribution is 7.99. The number of amides is 2. The second-order valence-corrected chi connectivity index (χ2v) is 8.44. The number of nitrogens with zero attached hydrogens (tertiary/aromatic N) is 6. The van der Waals surface area contributed by atoms with Gasteiger partial charge in [-0.25, -0.2) is 10.9 Å². The minimum atomic E-state index is -0.812. The van der Waals surface area contributed by atoms with Gasteiger partial charge in [-0.3, -0.25) is 50.0 Å². The minimum absolute atomic E-state index is 0.00788. The lowest BCUT2D eigenvalue weighted by atomic mass is 10.2. The van der Waals surface area contributed by atoms with E-state index in [1.165, 1.54) is 11.8 Å². The van der Waals surface area contributed by atoms with Crippen molar-refractivity contribution in [1.82, 2.24) is 10.9 Å². The number of carbonyl (C=O) groups excluding carboxylic acids is 2. The van der Waals surface area contributed by atoms with Crippen LogP contribution in [-0.4, -0.2) is 55.4 Å². The third-order valence-corrected chi connectivity index (χ3v) is 5.56. The van der Waals surface area contributed by atoms with Gasteiger partial charge >= 0.3 is 0 Å². The number of hydrogen-bond donors (Lipinski definition) is 2.